The molecule has 2 aromatic heterocycles. The Morgan fingerprint density at radius 1 is 1.28 bits per heavy atom. The first-order valence-electron chi connectivity index (χ1n) is 7.38. The molecule has 0 bridgehead atoms. The van der Waals surface area contributed by atoms with E-state index in [1.54, 1.807) is 0 Å². The third-order valence-corrected chi connectivity index (χ3v) is 4.82. The Hall–Kier alpha value is -1.89. The average Bonchev–Trinajstić information content (AvgIpc) is 2.87. The van der Waals surface area contributed by atoms with E-state index < -0.39 is 31.0 Å². The molecule has 25 heavy (non-hydrogen) atoms. The highest BCUT2D eigenvalue weighted by Crippen LogP contribution is 2.26. The van der Waals surface area contributed by atoms with Crippen LogP contribution in [-0.4, -0.2) is 72.7 Å². The highest BCUT2D eigenvalue weighted by Gasteiger charge is 2.29. The predicted molar refractivity (Wildman–Crippen MR) is 92.9 cm³/mol. The number of aromatic amines is 1. The monoisotopic (exact) mass is 372 g/mol. The van der Waals surface area contributed by atoms with Gasteiger partial charge in [0.05, 0.1) is 18.2 Å². The summed E-state index contributed by atoms with van der Waals surface area (Å²) in [6.45, 7) is 2.95. The second-order valence-electron chi connectivity index (χ2n) is 5.49. The van der Waals surface area contributed by atoms with Crippen molar-refractivity contribution in [2.75, 3.05) is 12.0 Å². The topological polar surface area (TPSA) is 171 Å². The molecule has 0 aliphatic heterocycles. The number of anilines is 1. The molecule has 0 unspecified atom stereocenters. The highest BCUT2D eigenvalue weighted by atomic mass is 32.1. The fourth-order valence-corrected chi connectivity index (χ4v) is 3.14. The number of hydrogen-bond donors (Lipinski definition) is 7. The summed E-state index contributed by atoms with van der Waals surface area (Å²) < 4.78 is 0. The van der Waals surface area contributed by atoms with Gasteiger partial charge in [0.25, 0.3) is 5.56 Å². The molecule has 10 nitrogen and oxygen atoms in total. The van der Waals surface area contributed by atoms with Gasteiger partial charge in [-0.15, -0.1) is 11.3 Å². The molecule has 0 radical (unpaired) electrons. The van der Waals surface area contributed by atoms with Crippen molar-refractivity contribution < 1.29 is 25.5 Å². The molecule has 138 valence electrons. The summed E-state index contributed by atoms with van der Waals surface area (Å²) in [4.78, 5) is 20.3. The van der Waals surface area contributed by atoms with Crippen molar-refractivity contribution in [1.82, 2.24) is 9.97 Å². The molecule has 0 amide bonds. The predicted octanol–water partition coefficient (Wildman–Crippen LogP) is -1.56. The van der Waals surface area contributed by atoms with Crippen LogP contribution in [0.4, 0.5) is 5.95 Å². The fraction of sp³-hybridized carbons (Fsp3) is 0.500. The summed E-state index contributed by atoms with van der Waals surface area (Å²) in [6.07, 6.45) is -5.86. The van der Waals surface area contributed by atoms with E-state index in [9.17, 15) is 25.2 Å². The summed E-state index contributed by atoms with van der Waals surface area (Å²) in [6, 6.07) is 0. The minimum atomic E-state index is -1.76. The van der Waals surface area contributed by atoms with Gasteiger partial charge < -0.3 is 25.5 Å². The molecule has 0 spiro atoms. The third kappa shape index (κ3) is 4.21. The van der Waals surface area contributed by atoms with Crippen molar-refractivity contribution in [2.24, 2.45) is 5.10 Å². The first-order valence-corrected chi connectivity index (χ1v) is 8.20. The van der Waals surface area contributed by atoms with Crippen molar-refractivity contribution in [1.29, 1.82) is 0 Å². The smallest absolute Gasteiger partial charge is 0.261 e. The van der Waals surface area contributed by atoms with Gasteiger partial charge >= 0.3 is 0 Å². The largest absolute Gasteiger partial charge is 0.394 e. The first-order chi connectivity index (χ1) is 11.8. The van der Waals surface area contributed by atoms with E-state index in [2.05, 4.69) is 20.5 Å². The Bertz CT molecular complexity index is 819. The van der Waals surface area contributed by atoms with E-state index in [-0.39, 0.29) is 11.5 Å². The number of H-pyrrole nitrogens is 1. The van der Waals surface area contributed by atoms with Crippen molar-refractivity contribution in [2.45, 2.75) is 38.3 Å². The van der Waals surface area contributed by atoms with Gasteiger partial charge in [-0.3, -0.25) is 9.78 Å². The summed E-state index contributed by atoms with van der Waals surface area (Å²) in [5.41, 5.74) is 2.95. The molecular weight excluding hydrogens is 352 g/mol. The molecule has 0 aromatic carbocycles. The van der Waals surface area contributed by atoms with Gasteiger partial charge in [-0.05, 0) is 19.4 Å². The lowest BCUT2D eigenvalue weighted by Crippen LogP contribution is -2.46. The fourth-order valence-electron chi connectivity index (χ4n) is 2.11. The number of thiophene rings is 1. The normalized spacial score (nSPS) is 16.9. The van der Waals surface area contributed by atoms with E-state index in [1.165, 1.54) is 11.3 Å². The van der Waals surface area contributed by atoms with Gasteiger partial charge in [-0.1, -0.05) is 0 Å². The van der Waals surface area contributed by atoms with Crippen LogP contribution in [0.3, 0.4) is 0 Å². The number of hydrogen-bond acceptors (Lipinski definition) is 10. The summed E-state index contributed by atoms with van der Waals surface area (Å²) in [7, 11) is 0. The Balaban J connectivity index is 2.09. The quantitative estimate of drug-likeness (QED) is 0.226. The van der Waals surface area contributed by atoms with Gasteiger partial charge in [-0.25, -0.2) is 10.4 Å². The van der Waals surface area contributed by atoms with Crippen LogP contribution in [0, 0.1) is 13.8 Å². The summed E-state index contributed by atoms with van der Waals surface area (Å²) in [5, 5.41) is 50.9. The van der Waals surface area contributed by atoms with Crippen molar-refractivity contribution in [3.05, 3.63) is 20.8 Å². The minimum Gasteiger partial charge on any atom is -0.394 e. The lowest BCUT2D eigenvalue weighted by molar-refractivity contribution is -0.0999. The van der Waals surface area contributed by atoms with Crippen LogP contribution in [0.1, 0.15) is 10.4 Å². The van der Waals surface area contributed by atoms with E-state index in [0.29, 0.717) is 10.2 Å². The van der Waals surface area contributed by atoms with Crippen LogP contribution in [0.15, 0.2) is 9.90 Å². The Morgan fingerprint density at radius 3 is 2.60 bits per heavy atom. The molecule has 0 fully saturated rings. The van der Waals surface area contributed by atoms with Crippen LogP contribution < -0.4 is 11.0 Å². The number of nitrogens with one attached hydrogen (secondary N) is 2. The molecule has 2 rings (SSSR count). The Morgan fingerprint density at radius 2 is 1.96 bits per heavy atom. The van der Waals surface area contributed by atoms with Gasteiger partial charge in [0.2, 0.25) is 5.95 Å². The SMILES string of the molecule is Cc1sc2nc(N/N=C/[C@@H](O)[C@@H](O)[C@H](O)[C@H](O)CO)[nH]c(=O)c2c1C. The zero-order valence-corrected chi connectivity index (χ0v) is 14.4. The number of aryl methyl sites for hydroxylation is 2. The number of aromatic nitrogens is 2. The van der Waals surface area contributed by atoms with Gasteiger partial charge in [0, 0.05) is 4.88 Å². The number of aliphatic hydroxyl groups is 5. The van der Waals surface area contributed by atoms with E-state index >= 15 is 0 Å². The van der Waals surface area contributed by atoms with Crippen LogP contribution in [-0.2, 0) is 0 Å². The number of rotatable bonds is 7. The van der Waals surface area contributed by atoms with Gasteiger partial charge in [0.1, 0.15) is 29.2 Å². The number of aliphatic hydroxyl groups excluding tert-OH is 5. The van der Waals surface area contributed by atoms with Crippen LogP contribution in [0.2, 0.25) is 0 Å². The summed E-state index contributed by atoms with van der Waals surface area (Å²) >= 11 is 1.36. The van der Waals surface area contributed by atoms with E-state index in [1.807, 2.05) is 13.8 Å². The zero-order chi connectivity index (χ0) is 18.7. The summed E-state index contributed by atoms with van der Waals surface area (Å²) in [5.74, 6) is 0.0487. The molecule has 7 N–H and O–H groups in total. The lowest BCUT2D eigenvalue weighted by atomic mass is 10.0. The molecule has 0 saturated carbocycles. The Labute approximate surface area is 146 Å². The van der Waals surface area contributed by atoms with Crippen molar-refractivity contribution in [3.63, 3.8) is 0 Å². The third-order valence-electron chi connectivity index (χ3n) is 3.72. The molecule has 0 aliphatic rings. The molecular formula is C14H20N4O6S. The molecule has 2 aromatic rings. The van der Waals surface area contributed by atoms with Crippen LogP contribution >= 0.6 is 11.3 Å². The second kappa shape index (κ2) is 7.99. The number of hydrazone groups is 1. The molecule has 0 saturated heterocycles. The van der Waals surface area contributed by atoms with Gasteiger partial charge in [0.15, 0.2) is 0 Å². The van der Waals surface area contributed by atoms with Crippen molar-refractivity contribution in [3.8, 4) is 0 Å². The maximum atomic E-state index is 12.1. The number of nitrogens with zero attached hydrogens (tertiary/aromatic N) is 2. The second-order valence-corrected chi connectivity index (χ2v) is 6.69. The highest BCUT2D eigenvalue weighted by molar-refractivity contribution is 7.18. The van der Waals surface area contributed by atoms with Crippen LogP contribution in [0.5, 0.6) is 0 Å². The standard InChI is InChI=1S/C14H20N4O6S/c1-5-6(2)25-13-9(5)12(24)16-14(17-13)18-15-3-7(20)10(22)11(23)8(21)4-19/h3,7-8,10-11,19-23H,4H2,1-2H3,(H2,16,17,18,24)/b15-3+/t7-,8-,10-,11-/m1/s1. The first kappa shape index (κ1) is 19.4. The lowest BCUT2D eigenvalue weighted by Gasteiger charge is -2.23. The number of fused-ring (bicyclic) bond motifs is 1. The zero-order valence-electron chi connectivity index (χ0n) is 13.5. The molecule has 2 heterocycles. The molecule has 0 aliphatic carbocycles. The van der Waals surface area contributed by atoms with Gasteiger partial charge in [-0.2, -0.15) is 5.10 Å². The van der Waals surface area contributed by atoms with E-state index in [4.69, 9.17) is 5.11 Å². The molecule has 11 heteroatoms. The maximum Gasteiger partial charge on any atom is 0.261 e. The Kier molecular flexibility index (Phi) is 6.21. The van der Waals surface area contributed by atoms with Crippen molar-refractivity contribution >= 4 is 33.7 Å². The van der Waals surface area contributed by atoms with Crippen LogP contribution in [0.25, 0.3) is 10.2 Å². The molecule has 4 atom stereocenters. The maximum absolute atomic E-state index is 12.1. The van der Waals surface area contributed by atoms with E-state index in [0.717, 1.165) is 16.7 Å². The minimum absolute atomic E-state index is 0.0487. The average molecular weight is 372 g/mol.